The summed E-state index contributed by atoms with van der Waals surface area (Å²) in [5.74, 6) is 0.999. The van der Waals surface area contributed by atoms with E-state index in [9.17, 15) is 0 Å². The van der Waals surface area contributed by atoms with E-state index in [4.69, 9.17) is 4.98 Å². The number of benzene rings is 1. The molecule has 18 heavy (non-hydrogen) atoms. The highest BCUT2D eigenvalue weighted by Crippen LogP contribution is 2.23. The van der Waals surface area contributed by atoms with Crippen LogP contribution in [0.2, 0.25) is 0 Å². The number of rotatable bonds is 3. The third-order valence-electron chi connectivity index (χ3n) is 2.70. The van der Waals surface area contributed by atoms with Gasteiger partial charge in [-0.15, -0.1) is 0 Å². The first-order chi connectivity index (χ1) is 8.88. The van der Waals surface area contributed by atoms with Crippen LogP contribution in [0.15, 0.2) is 53.9 Å². The molecule has 3 nitrogen and oxygen atoms in total. The van der Waals surface area contributed by atoms with Crippen molar-refractivity contribution in [1.29, 1.82) is 0 Å². The summed E-state index contributed by atoms with van der Waals surface area (Å²) in [4.78, 5) is 9.08. The van der Waals surface area contributed by atoms with Gasteiger partial charge in [-0.05, 0) is 5.75 Å². The van der Waals surface area contributed by atoms with Gasteiger partial charge in [-0.1, -0.05) is 49.0 Å². The zero-order valence-corrected chi connectivity index (χ0v) is 10.9. The Labute approximate surface area is 110 Å². The lowest BCUT2D eigenvalue weighted by atomic mass is 10.1. The Hall–Kier alpha value is -1.81. The van der Waals surface area contributed by atoms with E-state index >= 15 is 0 Å². The average Bonchev–Trinajstić information content (AvgIpc) is 2.88. The normalized spacial score (nSPS) is 10.9. The van der Waals surface area contributed by atoms with Crippen molar-refractivity contribution in [1.82, 2.24) is 14.4 Å². The Morgan fingerprint density at radius 3 is 2.83 bits per heavy atom. The van der Waals surface area contributed by atoms with Gasteiger partial charge in [-0.2, -0.15) is 0 Å². The first kappa shape index (κ1) is 11.3. The van der Waals surface area contributed by atoms with Gasteiger partial charge in [0.2, 0.25) is 0 Å². The van der Waals surface area contributed by atoms with Crippen molar-refractivity contribution in [3.05, 3.63) is 48.8 Å². The Balaban J connectivity index is 2.19. The fourth-order valence-electron chi connectivity index (χ4n) is 1.88. The quantitative estimate of drug-likeness (QED) is 0.530. The molecule has 0 aliphatic rings. The monoisotopic (exact) mass is 255 g/mol. The van der Waals surface area contributed by atoms with Crippen LogP contribution in [-0.4, -0.2) is 20.1 Å². The van der Waals surface area contributed by atoms with Crippen molar-refractivity contribution in [2.45, 2.75) is 12.1 Å². The molecule has 0 N–H and O–H groups in total. The van der Waals surface area contributed by atoms with E-state index < -0.39 is 0 Å². The van der Waals surface area contributed by atoms with E-state index in [0.29, 0.717) is 0 Å². The van der Waals surface area contributed by atoms with Gasteiger partial charge in [0.15, 0.2) is 5.16 Å². The van der Waals surface area contributed by atoms with Crippen LogP contribution in [0.4, 0.5) is 0 Å². The highest BCUT2D eigenvalue weighted by atomic mass is 32.2. The third kappa shape index (κ3) is 1.99. The maximum atomic E-state index is 4.72. The van der Waals surface area contributed by atoms with E-state index in [1.807, 2.05) is 41.1 Å². The smallest absolute Gasteiger partial charge is 0.174 e. The fraction of sp³-hybridized carbons (Fsp3) is 0.143. The molecule has 0 unspecified atom stereocenters. The van der Waals surface area contributed by atoms with E-state index in [1.54, 1.807) is 11.8 Å². The third-order valence-corrected chi connectivity index (χ3v) is 3.54. The first-order valence-corrected chi connectivity index (χ1v) is 6.89. The molecular formula is C14H13N3S. The molecule has 2 aromatic heterocycles. The first-order valence-electron chi connectivity index (χ1n) is 5.91. The van der Waals surface area contributed by atoms with Gasteiger partial charge in [0.05, 0.1) is 5.69 Å². The summed E-state index contributed by atoms with van der Waals surface area (Å²) in [5, 5.41) is 0.992. The second kappa shape index (κ2) is 4.82. The summed E-state index contributed by atoms with van der Waals surface area (Å²) in [5.41, 5.74) is 3.05. The van der Waals surface area contributed by atoms with Crippen molar-refractivity contribution >= 4 is 17.4 Å². The number of fused-ring (bicyclic) bond motifs is 1. The van der Waals surface area contributed by atoms with Gasteiger partial charge >= 0.3 is 0 Å². The molecule has 0 aliphatic heterocycles. The van der Waals surface area contributed by atoms with Crippen LogP contribution >= 0.6 is 11.8 Å². The fourth-order valence-corrected chi connectivity index (χ4v) is 2.60. The Kier molecular flexibility index (Phi) is 3.02. The van der Waals surface area contributed by atoms with Crippen LogP contribution < -0.4 is 0 Å². The predicted octanol–water partition coefficient (Wildman–Crippen LogP) is 3.51. The van der Waals surface area contributed by atoms with Crippen LogP contribution in [0.5, 0.6) is 0 Å². The molecular weight excluding hydrogens is 242 g/mol. The molecule has 4 heteroatoms. The molecule has 0 atom stereocenters. The molecule has 2 heterocycles. The summed E-state index contributed by atoms with van der Waals surface area (Å²) in [6, 6.07) is 12.2. The van der Waals surface area contributed by atoms with Gasteiger partial charge in [-0.3, -0.25) is 4.40 Å². The van der Waals surface area contributed by atoms with Crippen molar-refractivity contribution < 1.29 is 0 Å². The second-order valence-corrected chi connectivity index (χ2v) is 5.11. The number of thioether (sulfide) groups is 1. The highest BCUT2D eigenvalue weighted by molar-refractivity contribution is 7.99. The van der Waals surface area contributed by atoms with Crippen LogP contribution in [0.25, 0.3) is 16.9 Å². The molecule has 0 bridgehead atoms. The Bertz CT molecular complexity index is 661. The number of aromatic nitrogens is 3. The lowest BCUT2D eigenvalue weighted by molar-refractivity contribution is 0.908. The molecule has 0 saturated heterocycles. The van der Waals surface area contributed by atoms with E-state index in [1.165, 1.54) is 0 Å². The molecule has 90 valence electrons. The summed E-state index contributed by atoms with van der Waals surface area (Å²) in [7, 11) is 0. The highest BCUT2D eigenvalue weighted by Gasteiger charge is 2.07. The van der Waals surface area contributed by atoms with Crippen LogP contribution in [0.1, 0.15) is 6.92 Å². The minimum atomic E-state index is 0.944. The number of imidazole rings is 1. The number of nitrogens with zero attached hydrogens (tertiary/aromatic N) is 3. The molecule has 0 spiro atoms. The molecule has 3 aromatic rings. The minimum absolute atomic E-state index is 0.944. The largest absolute Gasteiger partial charge is 0.279 e. The molecule has 1 aromatic carbocycles. The zero-order valence-electron chi connectivity index (χ0n) is 10.1. The summed E-state index contributed by atoms with van der Waals surface area (Å²) in [6.45, 7) is 2.13. The Morgan fingerprint density at radius 2 is 2.06 bits per heavy atom. The topological polar surface area (TPSA) is 30.2 Å². The second-order valence-electron chi connectivity index (χ2n) is 3.88. The van der Waals surface area contributed by atoms with Crippen molar-refractivity contribution in [3.63, 3.8) is 0 Å². The maximum absolute atomic E-state index is 4.72. The van der Waals surface area contributed by atoms with Crippen LogP contribution in [0, 0.1) is 0 Å². The SMILES string of the molecule is CCSc1nc(-c2ccccc2)cc2nccn12. The zero-order chi connectivity index (χ0) is 12.4. The van der Waals surface area contributed by atoms with Gasteiger partial charge in [0, 0.05) is 24.0 Å². The van der Waals surface area contributed by atoms with Gasteiger partial charge in [0.1, 0.15) is 5.65 Å². The van der Waals surface area contributed by atoms with Crippen LogP contribution in [-0.2, 0) is 0 Å². The lowest BCUT2D eigenvalue weighted by Gasteiger charge is -2.06. The van der Waals surface area contributed by atoms with Crippen molar-refractivity contribution in [2.24, 2.45) is 0 Å². The minimum Gasteiger partial charge on any atom is -0.279 e. The van der Waals surface area contributed by atoms with Gasteiger partial charge in [0.25, 0.3) is 0 Å². The van der Waals surface area contributed by atoms with E-state index in [0.717, 1.165) is 27.8 Å². The predicted molar refractivity (Wildman–Crippen MR) is 74.8 cm³/mol. The molecule has 0 fully saturated rings. The molecule has 0 aliphatic carbocycles. The average molecular weight is 255 g/mol. The summed E-state index contributed by atoms with van der Waals surface area (Å²) < 4.78 is 2.03. The van der Waals surface area contributed by atoms with Crippen molar-refractivity contribution in [3.8, 4) is 11.3 Å². The summed E-state index contributed by atoms with van der Waals surface area (Å²) >= 11 is 1.73. The number of hydrogen-bond acceptors (Lipinski definition) is 3. The molecule has 0 amide bonds. The van der Waals surface area contributed by atoms with Crippen molar-refractivity contribution in [2.75, 3.05) is 5.75 Å². The lowest BCUT2D eigenvalue weighted by Crippen LogP contribution is -1.96. The molecule has 3 rings (SSSR count). The maximum Gasteiger partial charge on any atom is 0.174 e. The molecule has 0 radical (unpaired) electrons. The number of hydrogen-bond donors (Lipinski definition) is 0. The standard InChI is InChI=1S/C14H13N3S/c1-2-18-14-16-12(11-6-4-3-5-7-11)10-13-15-8-9-17(13)14/h3-10H,2H2,1H3. The van der Waals surface area contributed by atoms with E-state index in [2.05, 4.69) is 24.0 Å². The van der Waals surface area contributed by atoms with Gasteiger partial charge in [-0.25, -0.2) is 9.97 Å². The molecule has 0 saturated carbocycles. The van der Waals surface area contributed by atoms with E-state index in [-0.39, 0.29) is 0 Å². The van der Waals surface area contributed by atoms with Crippen LogP contribution in [0.3, 0.4) is 0 Å². The van der Waals surface area contributed by atoms with Gasteiger partial charge < -0.3 is 0 Å². The Morgan fingerprint density at radius 1 is 1.22 bits per heavy atom. The summed E-state index contributed by atoms with van der Waals surface area (Å²) in [6.07, 6.45) is 3.76.